The molecule has 264 valence electrons. The Labute approximate surface area is 295 Å². The van der Waals surface area contributed by atoms with E-state index in [0.29, 0.717) is 36.7 Å². The highest BCUT2D eigenvalue weighted by molar-refractivity contribution is 6.74. The summed E-state index contributed by atoms with van der Waals surface area (Å²) in [5.41, 5.74) is 3.58. The van der Waals surface area contributed by atoms with Gasteiger partial charge in [0.15, 0.2) is 8.32 Å². The van der Waals surface area contributed by atoms with E-state index in [1.165, 1.54) is 12.1 Å². The predicted octanol–water partition coefficient (Wildman–Crippen LogP) is 9.56. The van der Waals surface area contributed by atoms with Crippen molar-refractivity contribution in [1.82, 2.24) is 10.3 Å². The normalized spacial score (nSPS) is 12.9. The lowest BCUT2D eigenvalue weighted by atomic mass is 10.0. The van der Waals surface area contributed by atoms with Crippen molar-refractivity contribution in [2.75, 3.05) is 19.7 Å². The molecule has 0 saturated heterocycles. The van der Waals surface area contributed by atoms with E-state index in [-0.39, 0.29) is 28.9 Å². The number of aromatic amines is 1. The Bertz CT molecular complexity index is 1880. The fourth-order valence-corrected chi connectivity index (χ4v) is 6.75. The average molecular weight is 699 g/mol. The number of benzene rings is 4. The maximum Gasteiger partial charge on any atom is 0.276 e. The molecule has 0 spiro atoms. The minimum absolute atomic E-state index is 0.00335. The van der Waals surface area contributed by atoms with Crippen molar-refractivity contribution in [3.8, 4) is 11.5 Å². The second kappa shape index (κ2) is 16.1. The molecule has 5 aromatic rings. The second-order valence-electron chi connectivity index (χ2n) is 14.2. The lowest BCUT2D eigenvalue weighted by Gasteiger charge is -2.39. The van der Waals surface area contributed by atoms with Crippen LogP contribution in [0.5, 0.6) is 11.5 Å². The van der Waals surface area contributed by atoms with Crippen molar-refractivity contribution in [1.29, 1.82) is 0 Å². The minimum Gasteiger partial charge on any atom is -0.493 e. The number of nitrogens with one attached hydrogen (secondary N) is 2. The zero-order valence-corrected chi connectivity index (χ0v) is 30.6. The number of aromatic nitrogens is 1. The van der Waals surface area contributed by atoms with Gasteiger partial charge in [0.2, 0.25) is 5.56 Å². The Balaban J connectivity index is 1.24. The second-order valence-corrected chi connectivity index (χ2v) is 18.9. The van der Waals surface area contributed by atoms with Crippen molar-refractivity contribution >= 4 is 19.2 Å². The van der Waals surface area contributed by atoms with Gasteiger partial charge in [-0.15, -0.1) is 0 Å². The monoisotopic (exact) mass is 698 g/mol. The Kier molecular flexibility index (Phi) is 11.9. The van der Waals surface area contributed by atoms with Crippen molar-refractivity contribution in [3.63, 3.8) is 0 Å². The molecule has 1 atom stereocenters. The molecule has 0 unspecified atom stereocenters. The number of ether oxygens (including phenoxy) is 2. The van der Waals surface area contributed by atoms with E-state index in [4.69, 9.17) is 13.9 Å². The van der Waals surface area contributed by atoms with Gasteiger partial charge >= 0.3 is 0 Å². The molecule has 5 rings (SSSR count). The third-order valence-corrected chi connectivity index (χ3v) is 13.9. The molecule has 0 radical (unpaired) electrons. The quantitative estimate of drug-likeness (QED) is 0.0794. The Morgan fingerprint density at radius 3 is 2.16 bits per heavy atom. The van der Waals surface area contributed by atoms with Crippen LogP contribution >= 0.6 is 0 Å². The number of halogens is 2. The summed E-state index contributed by atoms with van der Waals surface area (Å²) < 4.78 is 47.9. The first kappa shape index (κ1) is 37.0. The van der Waals surface area contributed by atoms with E-state index in [0.717, 1.165) is 28.5 Å². The number of H-pyrrole nitrogens is 1. The van der Waals surface area contributed by atoms with Crippen LogP contribution in [0.3, 0.4) is 0 Å². The molecule has 4 aromatic carbocycles. The van der Waals surface area contributed by atoms with Crippen LogP contribution in [0.15, 0.2) is 114 Å². The average Bonchev–Trinajstić information content (AvgIpc) is 3.09. The Hall–Kier alpha value is -4.31. The topological polar surface area (TPSA) is 72.6 Å². The van der Waals surface area contributed by atoms with Crippen LogP contribution in [0, 0.1) is 0 Å². The van der Waals surface area contributed by atoms with Crippen molar-refractivity contribution in [2.24, 2.45) is 0 Å². The molecule has 0 aliphatic carbocycles. The van der Waals surface area contributed by atoms with Gasteiger partial charge in [-0.2, -0.15) is 0 Å². The van der Waals surface area contributed by atoms with Gasteiger partial charge in [0.25, 0.3) is 5.92 Å². The lowest BCUT2D eigenvalue weighted by molar-refractivity contribution is -0.0242. The van der Waals surface area contributed by atoms with Gasteiger partial charge in [-0.3, -0.25) is 4.79 Å². The standard InChI is InChI=1S/C41H48F2N2O4Si/c1-40(2,3)50(4,5)49-37(34-20-22-36(39-35(34)21-23-38(46)45-39)48-29-31-12-8-6-9-13-31)28-44-26-24-30-16-18-33(19-17-30)47-27-25-41(42,43)32-14-10-7-11-15-32/h6-23,37,44H,24-29H2,1-5H3,(H,45,46)/t37-/m0/s1. The van der Waals surface area contributed by atoms with Crippen molar-refractivity contribution in [3.05, 3.63) is 142 Å². The summed E-state index contributed by atoms with van der Waals surface area (Å²) in [4.78, 5) is 15.5. The van der Waals surface area contributed by atoms with Crippen molar-refractivity contribution in [2.45, 2.75) is 70.4 Å². The molecule has 0 fully saturated rings. The summed E-state index contributed by atoms with van der Waals surface area (Å²) in [5.74, 6) is -1.77. The SMILES string of the molecule is CC(C)(C)[Si](C)(C)O[C@@H](CNCCc1ccc(OCCC(F)(F)c2ccccc2)cc1)c1ccc(OCc2ccccc2)c2[nH]c(=O)ccc12. The van der Waals surface area contributed by atoms with E-state index < -0.39 is 20.7 Å². The zero-order chi connectivity index (χ0) is 35.8. The first-order valence-electron chi connectivity index (χ1n) is 17.2. The molecule has 6 nitrogen and oxygen atoms in total. The van der Waals surface area contributed by atoms with Crippen LogP contribution < -0.4 is 20.3 Å². The Morgan fingerprint density at radius 1 is 0.800 bits per heavy atom. The third-order valence-electron chi connectivity index (χ3n) is 9.44. The summed E-state index contributed by atoms with van der Waals surface area (Å²) in [6.45, 7) is 12.7. The summed E-state index contributed by atoms with van der Waals surface area (Å²) in [5, 5.41) is 4.49. The van der Waals surface area contributed by atoms with E-state index in [1.54, 1.807) is 24.3 Å². The largest absolute Gasteiger partial charge is 0.493 e. The summed E-state index contributed by atoms with van der Waals surface area (Å²) in [6.07, 6.45) is 0.104. The Morgan fingerprint density at radius 2 is 1.48 bits per heavy atom. The van der Waals surface area contributed by atoms with Crippen LogP contribution in [0.25, 0.3) is 10.9 Å². The summed E-state index contributed by atoms with van der Waals surface area (Å²) in [7, 11) is -2.20. The van der Waals surface area contributed by atoms with Gasteiger partial charge in [-0.05, 0) is 72.1 Å². The van der Waals surface area contributed by atoms with Gasteiger partial charge in [0, 0.05) is 30.0 Å². The molecule has 2 N–H and O–H groups in total. The van der Waals surface area contributed by atoms with Crippen LogP contribution in [-0.2, 0) is 23.4 Å². The number of alkyl halides is 2. The molecule has 0 aliphatic heterocycles. The maximum atomic E-state index is 14.5. The van der Waals surface area contributed by atoms with Crippen LogP contribution in [-0.4, -0.2) is 33.0 Å². The van der Waals surface area contributed by atoms with E-state index in [1.807, 2.05) is 66.7 Å². The van der Waals surface area contributed by atoms with Crippen molar-refractivity contribution < 1.29 is 22.7 Å². The van der Waals surface area contributed by atoms with E-state index in [9.17, 15) is 13.6 Å². The highest BCUT2D eigenvalue weighted by Crippen LogP contribution is 2.41. The fourth-order valence-electron chi connectivity index (χ4n) is 5.47. The first-order chi connectivity index (χ1) is 23.8. The minimum atomic E-state index is -2.94. The number of pyridine rings is 1. The molecule has 0 aliphatic rings. The van der Waals surface area contributed by atoms with Gasteiger partial charge in [-0.25, -0.2) is 8.78 Å². The third kappa shape index (κ3) is 9.68. The predicted molar refractivity (Wildman–Crippen MR) is 200 cm³/mol. The van der Waals surface area contributed by atoms with Crippen LogP contribution in [0.4, 0.5) is 8.78 Å². The fraction of sp³-hybridized carbons (Fsp3) is 0.341. The summed E-state index contributed by atoms with van der Waals surface area (Å²) in [6, 6.07) is 32.7. The van der Waals surface area contributed by atoms with Gasteiger partial charge in [-0.1, -0.05) is 99.6 Å². The smallest absolute Gasteiger partial charge is 0.276 e. The maximum absolute atomic E-state index is 14.5. The molecule has 0 saturated carbocycles. The molecular formula is C41H48F2N2O4Si. The van der Waals surface area contributed by atoms with E-state index >= 15 is 0 Å². The van der Waals surface area contributed by atoms with Gasteiger partial charge in [0.1, 0.15) is 18.1 Å². The lowest BCUT2D eigenvalue weighted by Crippen LogP contribution is -2.43. The molecule has 0 bridgehead atoms. The molecule has 1 aromatic heterocycles. The number of hydrogen-bond acceptors (Lipinski definition) is 5. The number of rotatable bonds is 16. The highest BCUT2D eigenvalue weighted by Gasteiger charge is 2.40. The highest BCUT2D eigenvalue weighted by atomic mass is 28.4. The molecule has 0 amide bonds. The van der Waals surface area contributed by atoms with Crippen LogP contribution in [0.1, 0.15) is 55.5 Å². The van der Waals surface area contributed by atoms with Gasteiger partial charge < -0.3 is 24.2 Å². The van der Waals surface area contributed by atoms with Crippen LogP contribution in [0.2, 0.25) is 18.1 Å². The molecule has 1 heterocycles. The molecular weight excluding hydrogens is 651 g/mol. The van der Waals surface area contributed by atoms with E-state index in [2.05, 4.69) is 50.2 Å². The molecule has 9 heteroatoms. The molecule has 50 heavy (non-hydrogen) atoms. The summed E-state index contributed by atoms with van der Waals surface area (Å²) >= 11 is 0. The number of fused-ring (bicyclic) bond motifs is 1. The van der Waals surface area contributed by atoms with Gasteiger partial charge in [0.05, 0.1) is 18.2 Å². The zero-order valence-electron chi connectivity index (χ0n) is 29.6. The first-order valence-corrected chi connectivity index (χ1v) is 20.1. The number of hydrogen-bond donors (Lipinski definition) is 2.